The molecule has 0 N–H and O–H groups in total. The van der Waals surface area contributed by atoms with E-state index in [4.69, 9.17) is 0 Å². The van der Waals surface area contributed by atoms with E-state index >= 15 is 0 Å². The Morgan fingerprint density at radius 1 is 0.800 bits per heavy atom. The van der Waals surface area contributed by atoms with Crippen molar-refractivity contribution >= 4 is 0 Å². The average Bonchev–Trinajstić information content (AvgIpc) is 1.00. The molecule has 5 heavy (non-hydrogen) atoms. The first kappa shape index (κ1) is 46.8. The van der Waals surface area contributed by atoms with E-state index < -0.39 is 0 Å². The van der Waals surface area contributed by atoms with Gasteiger partial charge in [0.05, 0.1) is 0 Å². The number of hydrogen-bond donors (Lipinski definition) is 0. The summed E-state index contributed by atoms with van der Waals surface area (Å²) in [7, 11) is 0. The Bertz CT molecular complexity index is 3.61. The van der Waals surface area contributed by atoms with Gasteiger partial charge in [-0.15, -0.1) is 0 Å². The zero-order valence-electron chi connectivity index (χ0n) is 4.45. The van der Waals surface area contributed by atoms with E-state index in [2.05, 4.69) is 0 Å². The van der Waals surface area contributed by atoms with Crippen LogP contribution < -0.4 is 0 Å². The molecule has 1 heteroatoms. The summed E-state index contributed by atoms with van der Waals surface area (Å²) in [5.74, 6) is 0. The fourth-order valence-corrected chi connectivity index (χ4v) is 0. The molecular weight excluding hydrogens is 99.0 g/mol. The minimum atomic E-state index is 0. The molecule has 33 valence electrons. The van der Waals surface area contributed by atoms with Crippen LogP contribution in [0, 0.1) is 14.9 Å². The molecule has 0 aromatic heterocycles. The molecule has 0 nitrogen and oxygen atoms in total. The molecule has 0 atom stereocenters. The Hall–Kier alpha value is 0.584. The minimum absolute atomic E-state index is 0. The molecule has 0 aromatic rings. The summed E-state index contributed by atoms with van der Waals surface area (Å²) in [5, 5.41) is 0. The first-order valence-corrected chi connectivity index (χ1v) is 1.00. The molecule has 0 amide bonds. The van der Waals surface area contributed by atoms with Crippen molar-refractivity contribution in [2.45, 2.75) is 13.8 Å². The number of hydrogen-bond acceptors (Lipinski definition) is 0. The molecule has 0 bridgehead atoms. The van der Waals surface area contributed by atoms with Crippen molar-refractivity contribution < 1.29 is 18.6 Å². The summed E-state index contributed by atoms with van der Waals surface area (Å²) < 4.78 is 0. The molecule has 0 aliphatic carbocycles. The molecule has 0 unspecified atom stereocenters. The van der Waals surface area contributed by atoms with Crippen LogP contribution in [0.5, 0.6) is 0 Å². The second-order valence-corrected chi connectivity index (χ2v) is 0. The van der Waals surface area contributed by atoms with Crippen molar-refractivity contribution in [3.8, 4) is 0 Å². The molecule has 0 rings (SSSR count). The van der Waals surface area contributed by atoms with Crippen LogP contribution in [-0.2, 0) is 18.6 Å². The predicted octanol–water partition coefficient (Wildman–Crippen LogP) is 1.92. The van der Waals surface area contributed by atoms with Crippen molar-refractivity contribution in [2.75, 3.05) is 0 Å². The average molecular weight is 111 g/mol. The van der Waals surface area contributed by atoms with Gasteiger partial charge in [-0.2, -0.15) is 0 Å². The van der Waals surface area contributed by atoms with E-state index in [-0.39, 0.29) is 33.4 Å². The van der Waals surface area contributed by atoms with Gasteiger partial charge in [-0.05, 0) is 0 Å². The van der Waals surface area contributed by atoms with Gasteiger partial charge in [0.1, 0.15) is 0 Å². The molecule has 0 fully saturated rings. The zero-order chi connectivity index (χ0) is 2.00. The van der Waals surface area contributed by atoms with E-state index in [1.54, 1.807) is 0 Å². The van der Waals surface area contributed by atoms with Crippen LogP contribution in [-0.4, -0.2) is 0 Å². The van der Waals surface area contributed by atoms with Crippen molar-refractivity contribution in [1.29, 1.82) is 0 Å². The minimum Gasteiger partial charge on any atom is -0.358 e. The third-order valence-corrected chi connectivity index (χ3v) is 0. The SMILES string of the molecule is CC.[CH3-].[CH3-].[V+2]. The fraction of sp³-hybridized carbons (Fsp3) is 0.500. The second-order valence-electron chi connectivity index (χ2n) is 0. The Balaban J connectivity index is -0.00000000167. The molecular formula is C4H12V. The van der Waals surface area contributed by atoms with Crippen LogP contribution in [0.1, 0.15) is 13.8 Å². The maximum atomic E-state index is 2.00. The van der Waals surface area contributed by atoms with Crippen LogP contribution in [0.25, 0.3) is 0 Å². The van der Waals surface area contributed by atoms with Gasteiger partial charge in [0.15, 0.2) is 0 Å². The van der Waals surface area contributed by atoms with Gasteiger partial charge in [-0.1, -0.05) is 13.8 Å². The predicted molar refractivity (Wildman–Crippen MR) is 24.2 cm³/mol. The van der Waals surface area contributed by atoms with Gasteiger partial charge in [0.2, 0.25) is 0 Å². The molecule has 0 saturated carbocycles. The molecule has 0 aromatic carbocycles. The van der Waals surface area contributed by atoms with E-state index in [0.717, 1.165) is 0 Å². The van der Waals surface area contributed by atoms with E-state index in [1.165, 1.54) is 0 Å². The van der Waals surface area contributed by atoms with Gasteiger partial charge >= 0.3 is 18.6 Å². The maximum Gasteiger partial charge on any atom is 2.00 e. The quantitative estimate of drug-likeness (QED) is 0.419. The standard InChI is InChI=1S/C2H6.2CH3.V/c1-2;;;/h1-2H3;2*1H3;/q;2*-1;+2. The first-order valence-electron chi connectivity index (χ1n) is 1.00. The maximum absolute atomic E-state index is 2.00. The number of rotatable bonds is 0. The van der Waals surface area contributed by atoms with E-state index in [0.29, 0.717) is 0 Å². The van der Waals surface area contributed by atoms with Crippen molar-refractivity contribution in [1.82, 2.24) is 0 Å². The van der Waals surface area contributed by atoms with Gasteiger partial charge in [-0.3, -0.25) is 0 Å². The molecule has 0 saturated heterocycles. The largest absolute Gasteiger partial charge is 2.00 e. The third kappa shape index (κ3) is 89.7. The van der Waals surface area contributed by atoms with Crippen LogP contribution in [0.3, 0.4) is 0 Å². The van der Waals surface area contributed by atoms with Crippen LogP contribution >= 0.6 is 0 Å². The summed E-state index contributed by atoms with van der Waals surface area (Å²) in [5.41, 5.74) is 0. The van der Waals surface area contributed by atoms with Crippen LogP contribution in [0.4, 0.5) is 0 Å². The van der Waals surface area contributed by atoms with Crippen molar-refractivity contribution in [2.24, 2.45) is 0 Å². The molecule has 0 heterocycles. The van der Waals surface area contributed by atoms with Crippen LogP contribution in [0.2, 0.25) is 0 Å². The Morgan fingerprint density at radius 2 is 0.800 bits per heavy atom. The van der Waals surface area contributed by atoms with Gasteiger partial charge < -0.3 is 14.9 Å². The summed E-state index contributed by atoms with van der Waals surface area (Å²) in [6.07, 6.45) is 0. The third-order valence-electron chi connectivity index (χ3n) is 0. The monoisotopic (exact) mass is 111 g/mol. The Morgan fingerprint density at radius 3 is 0.800 bits per heavy atom. The summed E-state index contributed by atoms with van der Waals surface area (Å²) in [6, 6.07) is 0. The normalized spacial score (nSPS) is 1.20. The second kappa shape index (κ2) is 172. The summed E-state index contributed by atoms with van der Waals surface area (Å²) >= 11 is 0. The zero-order valence-corrected chi connectivity index (χ0v) is 5.84. The first-order chi connectivity index (χ1) is 1.00. The molecule has 0 aliphatic heterocycles. The topological polar surface area (TPSA) is 0 Å². The Kier molecular flexibility index (Phi) is 1610. The molecule has 0 aliphatic rings. The van der Waals surface area contributed by atoms with Gasteiger partial charge in [0, 0.05) is 0 Å². The molecule has 1 radical (unpaired) electrons. The molecule has 0 spiro atoms. The smallest absolute Gasteiger partial charge is 0.358 e. The van der Waals surface area contributed by atoms with Gasteiger partial charge in [-0.25, -0.2) is 0 Å². The van der Waals surface area contributed by atoms with E-state index in [1.807, 2.05) is 13.8 Å². The summed E-state index contributed by atoms with van der Waals surface area (Å²) in [6.45, 7) is 4.00. The van der Waals surface area contributed by atoms with Crippen LogP contribution in [0.15, 0.2) is 0 Å². The van der Waals surface area contributed by atoms with Crippen molar-refractivity contribution in [3.63, 3.8) is 0 Å². The van der Waals surface area contributed by atoms with Crippen molar-refractivity contribution in [3.05, 3.63) is 14.9 Å². The Labute approximate surface area is 47.9 Å². The fourth-order valence-electron chi connectivity index (χ4n) is 0. The van der Waals surface area contributed by atoms with E-state index in [9.17, 15) is 0 Å². The summed E-state index contributed by atoms with van der Waals surface area (Å²) in [4.78, 5) is 0. The van der Waals surface area contributed by atoms with Gasteiger partial charge in [0.25, 0.3) is 0 Å².